The van der Waals surface area contributed by atoms with Crippen LogP contribution in [0.3, 0.4) is 0 Å². The first kappa shape index (κ1) is 19.2. The Labute approximate surface area is 166 Å². The first-order valence-corrected chi connectivity index (χ1v) is 9.43. The molecular weight excluding hydrogens is 380 g/mol. The molecule has 4 rings (SSSR count). The van der Waals surface area contributed by atoms with Crippen LogP contribution in [0.4, 0.5) is 14.6 Å². The number of ether oxygens (including phenoxy) is 1. The summed E-state index contributed by atoms with van der Waals surface area (Å²) < 4.78 is 32.0. The molecule has 2 aromatic heterocycles. The fourth-order valence-corrected chi connectivity index (χ4v) is 4.03. The highest BCUT2D eigenvalue weighted by atomic mass is 19.1. The molecule has 1 saturated heterocycles. The van der Waals surface area contributed by atoms with Crippen LogP contribution in [0.25, 0.3) is 6.08 Å². The molecule has 0 aromatic carbocycles. The summed E-state index contributed by atoms with van der Waals surface area (Å²) in [5, 5.41) is 2.84. The van der Waals surface area contributed by atoms with Crippen molar-refractivity contribution in [2.24, 2.45) is 17.8 Å². The van der Waals surface area contributed by atoms with Gasteiger partial charge in [0.1, 0.15) is 5.82 Å². The Kier molecular flexibility index (Phi) is 5.37. The van der Waals surface area contributed by atoms with E-state index in [0.29, 0.717) is 29.9 Å². The van der Waals surface area contributed by atoms with E-state index in [0.717, 1.165) is 31.9 Å². The number of hydrogen-bond acceptors (Lipinski definition) is 6. The van der Waals surface area contributed by atoms with Crippen molar-refractivity contribution < 1.29 is 18.3 Å². The SMILES string of the molecule is COc1ncc(F)c(N2C[C@@H]3[C@@H](CCNC(=O)/C=C/c4cncc(F)c4)[C@@H]3C2)n1. The first-order valence-electron chi connectivity index (χ1n) is 9.43. The van der Waals surface area contributed by atoms with E-state index in [1.807, 2.05) is 4.90 Å². The minimum absolute atomic E-state index is 0.156. The average Bonchev–Trinajstić information content (AvgIpc) is 3.16. The molecule has 1 N–H and O–H groups in total. The van der Waals surface area contributed by atoms with Gasteiger partial charge in [-0.05, 0) is 41.9 Å². The van der Waals surface area contributed by atoms with Crippen LogP contribution in [0.15, 0.2) is 30.7 Å². The zero-order chi connectivity index (χ0) is 20.4. The quantitative estimate of drug-likeness (QED) is 0.716. The van der Waals surface area contributed by atoms with Crippen LogP contribution < -0.4 is 15.0 Å². The maximum atomic E-state index is 14.0. The summed E-state index contributed by atoms with van der Waals surface area (Å²) in [7, 11) is 1.45. The van der Waals surface area contributed by atoms with Crippen molar-refractivity contribution in [1.82, 2.24) is 20.3 Å². The molecule has 0 unspecified atom stereocenters. The molecule has 152 valence electrons. The van der Waals surface area contributed by atoms with E-state index in [4.69, 9.17) is 4.74 Å². The van der Waals surface area contributed by atoms with E-state index in [9.17, 15) is 13.6 Å². The number of aromatic nitrogens is 3. The molecule has 1 saturated carbocycles. The van der Waals surface area contributed by atoms with Gasteiger partial charge >= 0.3 is 6.01 Å². The topological polar surface area (TPSA) is 80.2 Å². The van der Waals surface area contributed by atoms with Gasteiger partial charge in [-0.2, -0.15) is 4.98 Å². The van der Waals surface area contributed by atoms with Gasteiger partial charge in [0.05, 0.1) is 19.5 Å². The maximum absolute atomic E-state index is 14.0. The molecule has 3 atom stereocenters. The van der Waals surface area contributed by atoms with Gasteiger partial charge < -0.3 is 15.0 Å². The third kappa shape index (κ3) is 4.33. The van der Waals surface area contributed by atoms with Crippen molar-refractivity contribution in [3.8, 4) is 6.01 Å². The fourth-order valence-electron chi connectivity index (χ4n) is 4.03. The van der Waals surface area contributed by atoms with E-state index in [1.54, 1.807) is 0 Å². The molecule has 0 spiro atoms. The zero-order valence-electron chi connectivity index (χ0n) is 15.9. The van der Waals surface area contributed by atoms with Gasteiger partial charge in [0.15, 0.2) is 11.6 Å². The lowest BCUT2D eigenvalue weighted by Gasteiger charge is -2.21. The molecule has 3 heterocycles. The maximum Gasteiger partial charge on any atom is 0.318 e. The van der Waals surface area contributed by atoms with Crippen LogP contribution in [-0.4, -0.2) is 47.6 Å². The zero-order valence-corrected chi connectivity index (χ0v) is 15.9. The van der Waals surface area contributed by atoms with Crippen LogP contribution in [0, 0.1) is 29.4 Å². The predicted octanol–water partition coefficient (Wildman–Crippen LogP) is 2.06. The number of nitrogens with one attached hydrogen (secondary N) is 1. The van der Waals surface area contributed by atoms with Gasteiger partial charge in [0.2, 0.25) is 5.91 Å². The average molecular weight is 401 g/mol. The fraction of sp³-hybridized carbons (Fsp3) is 0.400. The number of hydrogen-bond donors (Lipinski definition) is 1. The largest absolute Gasteiger partial charge is 0.467 e. The summed E-state index contributed by atoms with van der Waals surface area (Å²) in [4.78, 5) is 25.4. The van der Waals surface area contributed by atoms with Crippen LogP contribution in [0.5, 0.6) is 6.01 Å². The predicted molar refractivity (Wildman–Crippen MR) is 102 cm³/mol. The number of halogens is 2. The molecular formula is C20H21F2N5O2. The Morgan fingerprint density at radius 2 is 2.10 bits per heavy atom. The number of amides is 1. The molecule has 2 aliphatic rings. The van der Waals surface area contributed by atoms with Crippen LogP contribution >= 0.6 is 0 Å². The third-order valence-electron chi connectivity index (χ3n) is 5.49. The molecule has 29 heavy (non-hydrogen) atoms. The van der Waals surface area contributed by atoms with Crippen molar-refractivity contribution in [2.75, 3.05) is 31.6 Å². The van der Waals surface area contributed by atoms with Gasteiger partial charge in [-0.1, -0.05) is 0 Å². The summed E-state index contributed by atoms with van der Waals surface area (Å²) in [6, 6.07) is 1.47. The Morgan fingerprint density at radius 1 is 1.31 bits per heavy atom. The number of anilines is 1. The second kappa shape index (κ2) is 8.10. The van der Waals surface area contributed by atoms with E-state index >= 15 is 0 Å². The molecule has 1 amide bonds. The standard InChI is InChI=1S/C20H21F2N5O2/c1-29-20-25-9-17(22)19(26-20)27-10-15-14(16(15)11-27)4-5-24-18(28)3-2-12-6-13(21)8-23-7-12/h2-3,6-9,14-16H,4-5,10-11H2,1H3,(H,24,28)/b3-2+/t14-,15-,16+. The number of nitrogens with zero attached hydrogens (tertiary/aromatic N) is 4. The molecule has 0 bridgehead atoms. The lowest BCUT2D eigenvalue weighted by Crippen LogP contribution is -2.28. The normalized spacial score (nSPS) is 22.6. The monoisotopic (exact) mass is 401 g/mol. The van der Waals surface area contributed by atoms with Crippen molar-refractivity contribution in [2.45, 2.75) is 6.42 Å². The third-order valence-corrected chi connectivity index (χ3v) is 5.49. The van der Waals surface area contributed by atoms with Gasteiger partial charge in [0.25, 0.3) is 0 Å². The minimum atomic E-state index is -0.448. The molecule has 7 nitrogen and oxygen atoms in total. The van der Waals surface area contributed by atoms with Crippen molar-refractivity contribution >= 4 is 17.8 Å². The van der Waals surface area contributed by atoms with Crippen molar-refractivity contribution in [3.05, 3.63) is 47.9 Å². The van der Waals surface area contributed by atoms with Crippen molar-refractivity contribution in [1.29, 1.82) is 0 Å². The lowest BCUT2D eigenvalue weighted by molar-refractivity contribution is -0.116. The smallest absolute Gasteiger partial charge is 0.318 e. The number of piperidine rings is 1. The molecule has 1 aliphatic heterocycles. The van der Waals surface area contributed by atoms with Gasteiger partial charge in [-0.15, -0.1) is 0 Å². The first-order chi connectivity index (χ1) is 14.0. The Balaban J connectivity index is 1.21. The van der Waals surface area contributed by atoms with E-state index in [2.05, 4.69) is 20.3 Å². The minimum Gasteiger partial charge on any atom is -0.467 e. The highest BCUT2D eigenvalue weighted by Gasteiger charge is 2.55. The number of pyridine rings is 1. The van der Waals surface area contributed by atoms with E-state index in [-0.39, 0.29) is 17.7 Å². The van der Waals surface area contributed by atoms with Gasteiger partial charge in [-0.25, -0.2) is 13.8 Å². The van der Waals surface area contributed by atoms with Crippen molar-refractivity contribution in [3.63, 3.8) is 0 Å². The number of fused-ring (bicyclic) bond motifs is 1. The Bertz CT molecular complexity index is 927. The van der Waals surface area contributed by atoms with Gasteiger partial charge in [-0.3, -0.25) is 9.78 Å². The lowest BCUT2D eigenvalue weighted by atomic mass is 10.2. The highest BCUT2D eigenvalue weighted by Crippen LogP contribution is 2.54. The molecule has 0 radical (unpaired) electrons. The van der Waals surface area contributed by atoms with Crippen LogP contribution in [0.1, 0.15) is 12.0 Å². The number of methoxy groups -OCH3 is 1. The molecule has 2 aromatic rings. The summed E-state index contributed by atoms with van der Waals surface area (Å²) in [5.41, 5.74) is 0.533. The molecule has 2 fully saturated rings. The summed E-state index contributed by atoms with van der Waals surface area (Å²) >= 11 is 0. The van der Waals surface area contributed by atoms with E-state index in [1.165, 1.54) is 31.5 Å². The number of carbonyl (C=O) groups is 1. The number of rotatable bonds is 7. The van der Waals surface area contributed by atoms with Crippen LogP contribution in [-0.2, 0) is 4.79 Å². The Hall–Kier alpha value is -3.10. The second-order valence-electron chi connectivity index (χ2n) is 7.27. The molecule has 9 heteroatoms. The highest BCUT2D eigenvalue weighted by molar-refractivity contribution is 5.91. The molecule has 1 aliphatic carbocycles. The summed E-state index contributed by atoms with van der Waals surface area (Å²) in [5.74, 6) is 0.667. The van der Waals surface area contributed by atoms with Crippen LogP contribution in [0.2, 0.25) is 0 Å². The Morgan fingerprint density at radius 3 is 2.83 bits per heavy atom. The summed E-state index contributed by atoms with van der Waals surface area (Å²) in [6.07, 6.45) is 7.50. The summed E-state index contributed by atoms with van der Waals surface area (Å²) in [6.45, 7) is 2.05. The number of carbonyl (C=O) groups excluding carboxylic acids is 1. The van der Waals surface area contributed by atoms with Gasteiger partial charge in [0, 0.05) is 31.9 Å². The van der Waals surface area contributed by atoms with E-state index < -0.39 is 11.6 Å². The second-order valence-corrected chi connectivity index (χ2v) is 7.27.